The van der Waals surface area contributed by atoms with Gasteiger partial charge in [-0.2, -0.15) is 0 Å². The van der Waals surface area contributed by atoms with Crippen molar-refractivity contribution >= 4 is 34.8 Å². The van der Waals surface area contributed by atoms with Crippen LogP contribution in [-0.2, 0) is 0 Å². The molecule has 1 aromatic heterocycles. The summed E-state index contributed by atoms with van der Waals surface area (Å²) in [6.07, 6.45) is 1.42. The molecule has 3 aromatic rings. The summed E-state index contributed by atoms with van der Waals surface area (Å²) in [6.45, 7) is 0. The number of benzene rings is 2. The number of oxazole rings is 1. The Bertz CT molecular complexity index is 827. The molecule has 0 saturated heterocycles. The van der Waals surface area contributed by atoms with Crippen molar-refractivity contribution in [2.24, 2.45) is 0 Å². The number of rotatable bonds is 3. The molecule has 0 unspecified atom stereocenters. The van der Waals surface area contributed by atoms with Crippen molar-refractivity contribution in [2.75, 3.05) is 11.9 Å². The number of hydrogen-bond donors (Lipinski definition) is 0. The molecule has 6 heteroatoms. The van der Waals surface area contributed by atoms with Gasteiger partial charge < -0.3 is 9.32 Å². The molecule has 0 fully saturated rings. The maximum absolute atomic E-state index is 12.5. The average molecular weight is 347 g/mol. The Hall–Kier alpha value is -2.30. The van der Waals surface area contributed by atoms with E-state index in [9.17, 15) is 4.79 Å². The molecule has 0 aliphatic carbocycles. The Morgan fingerprint density at radius 1 is 1.00 bits per heavy atom. The van der Waals surface area contributed by atoms with E-state index in [0.29, 0.717) is 21.6 Å². The topological polar surface area (TPSA) is 46.3 Å². The fourth-order valence-electron chi connectivity index (χ4n) is 2.05. The maximum atomic E-state index is 12.5. The quantitative estimate of drug-likeness (QED) is 0.675. The minimum absolute atomic E-state index is 0.160. The number of nitrogens with zero attached hydrogens (tertiary/aromatic N) is 2. The summed E-state index contributed by atoms with van der Waals surface area (Å²) in [5, 5.41) is 1.23. The largest absolute Gasteiger partial charge is 0.431 e. The van der Waals surface area contributed by atoms with Crippen molar-refractivity contribution in [3.63, 3.8) is 0 Å². The summed E-state index contributed by atoms with van der Waals surface area (Å²) in [5.74, 6) is 0.238. The van der Waals surface area contributed by atoms with E-state index in [1.165, 1.54) is 11.1 Å². The third-order valence-corrected chi connectivity index (χ3v) is 3.83. The highest BCUT2D eigenvalue weighted by atomic mass is 35.5. The number of carbonyl (C=O) groups excluding carboxylic acids is 1. The van der Waals surface area contributed by atoms with Crippen LogP contribution in [0.3, 0.4) is 0 Å². The molecule has 0 saturated carbocycles. The smallest absolute Gasteiger partial charge is 0.295 e. The van der Waals surface area contributed by atoms with Crippen LogP contribution in [0.1, 0.15) is 10.6 Å². The van der Waals surface area contributed by atoms with Crippen molar-refractivity contribution in [2.45, 2.75) is 0 Å². The summed E-state index contributed by atoms with van der Waals surface area (Å²) in [6, 6.07) is 14.0. The van der Waals surface area contributed by atoms with Crippen molar-refractivity contribution in [3.05, 3.63) is 70.5 Å². The van der Waals surface area contributed by atoms with E-state index in [-0.39, 0.29) is 11.7 Å². The Morgan fingerprint density at radius 3 is 2.17 bits per heavy atom. The molecule has 0 spiro atoms. The van der Waals surface area contributed by atoms with Crippen LogP contribution in [0.2, 0.25) is 10.0 Å². The van der Waals surface area contributed by atoms with Gasteiger partial charge in [0.05, 0.1) is 6.20 Å². The van der Waals surface area contributed by atoms with Gasteiger partial charge in [-0.15, -0.1) is 0 Å². The minimum atomic E-state index is -0.292. The Balaban J connectivity index is 1.83. The Kier molecular flexibility index (Phi) is 4.37. The third-order valence-electron chi connectivity index (χ3n) is 3.33. The van der Waals surface area contributed by atoms with Crippen LogP contribution in [0.15, 0.2) is 59.1 Å². The molecule has 0 aliphatic heterocycles. The SMILES string of the molecule is CN(C(=O)c1cnc(-c2ccc(Cl)cc2)o1)c1ccc(Cl)cc1. The van der Waals surface area contributed by atoms with E-state index in [2.05, 4.69) is 4.98 Å². The molecule has 0 radical (unpaired) electrons. The normalized spacial score (nSPS) is 10.6. The first-order valence-electron chi connectivity index (χ1n) is 6.80. The van der Waals surface area contributed by atoms with Gasteiger partial charge in [0, 0.05) is 28.3 Å². The van der Waals surface area contributed by atoms with E-state index in [4.69, 9.17) is 27.6 Å². The number of halogens is 2. The van der Waals surface area contributed by atoms with Crippen LogP contribution in [-0.4, -0.2) is 17.9 Å². The van der Waals surface area contributed by atoms with Crippen LogP contribution in [0.25, 0.3) is 11.5 Å². The summed E-state index contributed by atoms with van der Waals surface area (Å²) in [4.78, 5) is 18.1. The van der Waals surface area contributed by atoms with Crippen molar-refractivity contribution in [3.8, 4) is 11.5 Å². The van der Waals surface area contributed by atoms with Gasteiger partial charge in [0.25, 0.3) is 5.91 Å². The second-order valence-electron chi connectivity index (χ2n) is 4.88. The molecule has 2 aromatic carbocycles. The fourth-order valence-corrected chi connectivity index (χ4v) is 2.30. The molecule has 1 amide bonds. The molecule has 1 heterocycles. The van der Waals surface area contributed by atoms with Gasteiger partial charge >= 0.3 is 0 Å². The first-order valence-corrected chi connectivity index (χ1v) is 7.55. The van der Waals surface area contributed by atoms with Gasteiger partial charge in [-0.25, -0.2) is 4.98 Å². The molecule has 0 atom stereocenters. The fraction of sp³-hybridized carbons (Fsp3) is 0.0588. The molecular formula is C17H12Cl2N2O2. The first kappa shape index (κ1) is 15.6. The van der Waals surface area contributed by atoms with Gasteiger partial charge in [0.1, 0.15) is 0 Å². The van der Waals surface area contributed by atoms with Crippen LogP contribution in [0.4, 0.5) is 5.69 Å². The lowest BCUT2D eigenvalue weighted by Gasteiger charge is -2.15. The Labute approximate surface area is 143 Å². The predicted molar refractivity (Wildman–Crippen MR) is 91.1 cm³/mol. The minimum Gasteiger partial charge on any atom is -0.431 e. The van der Waals surface area contributed by atoms with E-state index in [0.717, 1.165) is 5.56 Å². The number of amides is 1. The third kappa shape index (κ3) is 3.38. The molecule has 116 valence electrons. The zero-order valence-corrected chi connectivity index (χ0v) is 13.7. The van der Waals surface area contributed by atoms with Crippen molar-refractivity contribution in [1.29, 1.82) is 0 Å². The second kappa shape index (κ2) is 6.44. The van der Waals surface area contributed by atoms with E-state index >= 15 is 0 Å². The lowest BCUT2D eigenvalue weighted by atomic mass is 10.2. The molecule has 3 rings (SSSR count). The van der Waals surface area contributed by atoms with Crippen LogP contribution in [0.5, 0.6) is 0 Å². The zero-order chi connectivity index (χ0) is 16.4. The van der Waals surface area contributed by atoms with Gasteiger partial charge in [0.2, 0.25) is 11.7 Å². The van der Waals surface area contributed by atoms with Gasteiger partial charge in [-0.1, -0.05) is 23.2 Å². The van der Waals surface area contributed by atoms with Crippen LogP contribution >= 0.6 is 23.2 Å². The second-order valence-corrected chi connectivity index (χ2v) is 5.75. The van der Waals surface area contributed by atoms with Crippen molar-refractivity contribution < 1.29 is 9.21 Å². The van der Waals surface area contributed by atoms with E-state index in [1.54, 1.807) is 55.6 Å². The van der Waals surface area contributed by atoms with Gasteiger partial charge in [-0.3, -0.25) is 4.79 Å². The van der Waals surface area contributed by atoms with E-state index < -0.39 is 0 Å². The summed E-state index contributed by atoms with van der Waals surface area (Å²) in [7, 11) is 1.66. The highest BCUT2D eigenvalue weighted by Crippen LogP contribution is 2.23. The highest BCUT2D eigenvalue weighted by molar-refractivity contribution is 6.31. The summed E-state index contributed by atoms with van der Waals surface area (Å²) in [5.41, 5.74) is 1.46. The summed E-state index contributed by atoms with van der Waals surface area (Å²) < 4.78 is 5.57. The molecule has 0 N–H and O–H groups in total. The lowest BCUT2D eigenvalue weighted by molar-refractivity contribution is 0.0967. The molecule has 0 aliphatic rings. The lowest BCUT2D eigenvalue weighted by Crippen LogP contribution is -2.25. The summed E-state index contributed by atoms with van der Waals surface area (Å²) >= 11 is 11.7. The highest BCUT2D eigenvalue weighted by Gasteiger charge is 2.19. The molecule has 4 nitrogen and oxygen atoms in total. The van der Waals surface area contributed by atoms with Gasteiger partial charge in [0.15, 0.2) is 0 Å². The zero-order valence-electron chi connectivity index (χ0n) is 12.2. The number of anilines is 1. The monoisotopic (exact) mass is 346 g/mol. The van der Waals surface area contributed by atoms with Crippen LogP contribution < -0.4 is 4.90 Å². The number of carbonyl (C=O) groups is 1. The van der Waals surface area contributed by atoms with E-state index in [1.807, 2.05) is 0 Å². The van der Waals surface area contributed by atoms with Gasteiger partial charge in [-0.05, 0) is 48.5 Å². The standard InChI is InChI=1S/C17H12Cl2N2O2/c1-21(14-8-6-13(19)7-9-14)17(22)15-10-20-16(23-15)11-2-4-12(18)5-3-11/h2-10H,1H3. The van der Waals surface area contributed by atoms with Crippen molar-refractivity contribution in [1.82, 2.24) is 4.98 Å². The molecule has 23 heavy (non-hydrogen) atoms. The van der Waals surface area contributed by atoms with Crippen LogP contribution in [0, 0.1) is 0 Å². The maximum Gasteiger partial charge on any atom is 0.295 e. The first-order chi connectivity index (χ1) is 11.0. The number of aromatic nitrogens is 1. The average Bonchev–Trinajstić information content (AvgIpc) is 3.05. The molecular weight excluding hydrogens is 335 g/mol. The molecule has 0 bridgehead atoms. The predicted octanol–water partition coefficient (Wildman–Crippen LogP) is 4.93. The number of hydrogen-bond acceptors (Lipinski definition) is 3. The Morgan fingerprint density at radius 2 is 1.57 bits per heavy atom.